The molecule has 1 nitrogen and oxygen atoms in total. The second-order valence-corrected chi connectivity index (χ2v) is 7.72. The summed E-state index contributed by atoms with van der Waals surface area (Å²) < 4.78 is 0. The average Bonchev–Trinajstić information content (AvgIpc) is 2.60. The Hall–Kier alpha value is -1.76. The molecule has 25 heavy (non-hydrogen) atoms. The number of allylic oxidation sites excluding steroid dienone is 4. The lowest BCUT2D eigenvalue weighted by atomic mass is 9.81. The maximum atomic E-state index is 4.18. The van der Waals surface area contributed by atoms with Gasteiger partial charge in [0.05, 0.1) is 0 Å². The molecule has 1 aliphatic carbocycles. The fourth-order valence-electron chi connectivity index (χ4n) is 3.64. The van der Waals surface area contributed by atoms with Gasteiger partial charge < -0.3 is 5.32 Å². The van der Waals surface area contributed by atoms with E-state index in [2.05, 4.69) is 70.8 Å². The fraction of sp³-hybridized carbons (Fsp3) is 0.500. The van der Waals surface area contributed by atoms with Crippen LogP contribution in [0.15, 0.2) is 47.7 Å². The van der Waals surface area contributed by atoms with E-state index >= 15 is 0 Å². The van der Waals surface area contributed by atoms with Crippen molar-refractivity contribution in [2.75, 3.05) is 5.32 Å². The minimum atomic E-state index is 0.761. The summed E-state index contributed by atoms with van der Waals surface area (Å²) in [6.07, 6.45) is 12.2. The maximum absolute atomic E-state index is 4.18. The summed E-state index contributed by atoms with van der Waals surface area (Å²) in [6.45, 7) is 15.1. The minimum absolute atomic E-state index is 0.761. The van der Waals surface area contributed by atoms with Gasteiger partial charge in [-0.05, 0) is 81.7 Å². The number of nitrogens with one attached hydrogen (secondary N) is 1. The van der Waals surface area contributed by atoms with E-state index < -0.39 is 0 Å². The lowest BCUT2D eigenvalue weighted by molar-refractivity contribution is 0.442. The number of aryl methyl sites for hydroxylation is 2. The van der Waals surface area contributed by atoms with E-state index in [0.29, 0.717) is 0 Å². The van der Waals surface area contributed by atoms with Gasteiger partial charge in [-0.3, -0.25) is 0 Å². The van der Waals surface area contributed by atoms with Gasteiger partial charge in [0.15, 0.2) is 0 Å². The summed E-state index contributed by atoms with van der Waals surface area (Å²) in [7, 11) is 0. The molecule has 136 valence electrons. The first-order valence-electron chi connectivity index (χ1n) is 9.83. The quantitative estimate of drug-likeness (QED) is 0.532. The molecule has 0 aromatic heterocycles. The first-order valence-corrected chi connectivity index (χ1v) is 9.83. The van der Waals surface area contributed by atoms with Gasteiger partial charge in [0, 0.05) is 11.4 Å². The highest BCUT2D eigenvalue weighted by molar-refractivity contribution is 5.60. The lowest BCUT2D eigenvalue weighted by Crippen LogP contribution is -2.08. The molecular weight excluding hydrogens is 302 g/mol. The summed E-state index contributed by atoms with van der Waals surface area (Å²) in [5, 5.41) is 3.52. The molecule has 0 heterocycles. The van der Waals surface area contributed by atoms with Crippen molar-refractivity contribution in [1.29, 1.82) is 0 Å². The molecule has 1 fully saturated rings. The molecule has 0 unspecified atom stereocenters. The van der Waals surface area contributed by atoms with E-state index in [1.54, 1.807) is 5.56 Å². The third kappa shape index (κ3) is 5.36. The van der Waals surface area contributed by atoms with E-state index in [4.69, 9.17) is 0 Å². The van der Waals surface area contributed by atoms with Gasteiger partial charge in [-0.1, -0.05) is 56.1 Å². The van der Waals surface area contributed by atoms with E-state index in [1.807, 2.05) is 0 Å². The van der Waals surface area contributed by atoms with Gasteiger partial charge in [0.25, 0.3) is 0 Å². The summed E-state index contributed by atoms with van der Waals surface area (Å²) in [4.78, 5) is 0. The van der Waals surface area contributed by atoms with Crippen molar-refractivity contribution in [2.24, 2.45) is 0 Å². The monoisotopic (exact) mass is 337 g/mol. The first kappa shape index (κ1) is 19.6. The smallest absolute Gasteiger partial charge is 0.0419 e. The van der Waals surface area contributed by atoms with Gasteiger partial charge in [-0.2, -0.15) is 0 Å². The number of benzene rings is 1. The summed E-state index contributed by atoms with van der Waals surface area (Å²) >= 11 is 0. The molecule has 1 aromatic rings. The van der Waals surface area contributed by atoms with E-state index in [-0.39, 0.29) is 0 Å². The lowest BCUT2D eigenvalue weighted by Gasteiger charge is -2.25. The van der Waals surface area contributed by atoms with Crippen LogP contribution in [0.3, 0.4) is 0 Å². The largest absolute Gasteiger partial charge is 0.356 e. The molecule has 1 aliphatic rings. The zero-order valence-electron chi connectivity index (χ0n) is 16.8. The Morgan fingerprint density at radius 3 is 2.40 bits per heavy atom. The molecule has 0 spiro atoms. The van der Waals surface area contributed by atoms with Crippen LogP contribution in [0.1, 0.15) is 82.4 Å². The maximum Gasteiger partial charge on any atom is 0.0419 e. The molecule has 0 amide bonds. The molecule has 1 heteroatoms. The predicted octanol–water partition coefficient (Wildman–Crippen LogP) is 7.44. The van der Waals surface area contributed by atoms with Gasteiger partial charge in [-0.25, -0.2) is 0 Å². The van der Waals surface area contributed by atoms with E-state index in [9.17, 15) is 0 Å². The molecule has 1 saturated carbocycles. The normalized spacial score (nSPS) is 15.4. The Balaban J connectivity index is 2.19. The zero-order valence-corrected chi connectivity index (χ0v) is 16.8. The number of hydrogen-bond acceptors (Lipinski definition) is 1. The minimum Gasteiger partial charge on any atom is -0.356 e. The van der Waals surface area contributed by atoms with Crippen LogP contribution < -0.4 is 5.32 Å². The van der Waals surface area contributed by atoms with Crippen molar-refractivity contribution in [3.63, 3.8) is 0 Å². The van der Waals surface area contributed by atoms with Gasteiger partial charge in [0.1, 0.15) is 0 Å². The Kier molecular flexibility index (Phi) is 7.11. The molecule has 0 aliphatic heterocycles. The molecule has 0 saturated heterocycles. The van der Waals surface area contributed by atoms with E-state index in [0.717, 1.165) is 18.0 Å². The van der Waals surface area contributed by atoms with Crippen molar-refractivity contribution < 1.29 is 0 Å². The van der Waals surface area contributed by atoms with Crippen LogP contribution in [0.25, 0.3) is 0 Å². The highest BCUT2D eigenvalue weighted by Crippen LogP contribution is 2.36. The van der Waals surface area contributed by atoms with Gasteiger partial charge in [-0.15, -0.1) is 0 Å². The van der Waals surface area contributed by atoms with Crippen LogP contribution in [0.5, 0.6) is 0 Å². The predicted molar refractivity (Wildman–Crippen MR) is 112 cm³/mol. The van der Waals surface area contributed by atoms with Crippen molar-refractivity contribution >= 4 is 5.69 Å². The molecule has 0 bridgehead atoms. The third-order valence-electron chi connectivity index (χ3n) is 5.54. The highest BCUT2D eigenvalue weighted by atomic mass is 14.9. The molecular formula is C24H35N. The number of rotatable bonds is 6. The van der Waals surface area contributed by atoms with Crippen LogP contribution in [-0.2, 0) is 6.42 Å². The highest BCUT2D eigenvalue weighted by Gasteiger charge is 2.18. The second-order valence-electron chi connectivity index (χ2n) is 7.72. The molecule has 0 atom stereocenters. The summed E-state index contributed by atoms with van der Waals surface area (Å²) in [5.41, 5.74) is 9.19. The van der Waals surface area contributed by atoms with Gasteiger partial charge >= 0.3 is 0 Å². The first-order chi connectivity index (χ1) is 11.9. The molecule has 1 N–H and O–H groups in total. The molecule has 1 aromatic carbocycles. The Morgan fingerprint density at radius 2 is 1.80 bits per heavy atom. The van der Waals surface area contributed by atoms with Crippen molar-refractivity contribution in [3.8, 4) is 0 Å². The van der Waals surface area contributed by atoms with Crippen molar-refractivity contribution in [2.45, 2.75) is 79.1 Å². The Morgan fingerprint density at radius 1 is 1.12 bits per heavy atom. The standard InChI is InChI=1S/C24H35N/c1-7-21-16-23(22-11-9-8-10-12-22)19(5)15-24(21)25-20(6)14-13-18(4)17(2)3/h13-16,22,25H,6-12H2,1-5H3/b14-13-. The van der Waals surface area contributed by atoms with Crippen LogP contribution in [-0.4, -0.2) is 0 Å². The number of anilines is 1. The Bertz CT molecular complexity index is 666. The van der Waals surface area contributed by atoms with Gasteiger partial charge in [0.2, 0.25) is 0 Å². The van der Waals surface area contributed by atoms with Crippen molar-refractivity contribution in [1.82, 2.24) is 0 Å². The second kappa shape index (κ2) is 9.08. The molecule has 0 radical (unpaired) electrons. The van der Waals surface area contributed by atoms with E-state index in [1.165, 1.54) is 60.1 Å². The SMILES string of the molecule is C=C(/C=C\C(C)=C(C)C)Nc1cc(C)c(C2CCCCC2)cc1CC. The zero-order chi connectivity index (χ0) is 18.4. The van der Waals surface area contributed by atoms with Crippen LogP contribution in [0.4, 0.5) is 5.69 Å². The van der Waals surface area contributed by atoms with Crippen molar-refractivity contribution in [3.05, 3.63) is 64.4 Å². The summed E-state index contributed by atoms with van der Waals surface area (Å²) in [6, 6.07) is 4.78. The average molecular weight is 338 g/mol. The van der Waals surface area contributed by atoms with Crippen LogP contribution in [0.2, 0.25) is 0 Å². The Labute approximate surface area is 154 Å². The third-order valence-corrected chi connectivity index (χ3v) is 5.54. The van der Waals surface area contributed by atoms with Crippen LogP contribution >= 0.6 is 0 Å². The summed E-state index contributed by atoms with van der Waals surface area (Å²) in [5.74, 6) is 0.761. The topological polar surface area (TPSA) is 12.0 Å². The number of hydrogen-bond donors (Lipinski definition) is 1. The van der Waals surface area contributed by atoms with Crippen LogP contribution in [0, 0.1) is 6.92 Å². The molecule has 2 rings (SSSR count). The fourth-order valence-corrected chi connectivity index (χ4v) is 3.64.